The molecule has 0 radical (unpaired) electrons. The van der Waals surface area contributed by atoms with E-state index in [-0.39, 0.29) is 11.4 Å². The Morgan fingerprint density at radius 2 is 2.07 bits per heavy atom. The van der Waals surface area contributed by atoms with Crippen LogP contribution in [-0.4, -0.2) is 25.7 Å². The second kappa shape index (κ2) is 7.08. The molecule has 3 aromatic rings. The monoisotopic (exact) mass is 394 g/mol. The highest BCUT2D eigenvalue weighted by molar-refractivity contribution is 5.97. The number of amides is 1. The Hall–Kier alpha value is -3.62. The maximum Gasteiger partial charge on any atom is 0.326 e. The summed E-state index contributed by atoms with van der Waals surface area (Å²) in [5, 5.41) is 7.31. The number of nitrogens with two attached hydrogens (primary N) is 1. The van der Waals surface area contributed by atoms with Crippen molar-refractivity contribution in [2.75, 3.05) is 5.73 Å². The summed E-state index contributed by atoms with van der Waals surface area (Å²) < 4.78 is 1.91. The Morgan fingerprint density at radius 1 is 1.28 bits per heavy atom. The van der Waals surface area contributed by atoms with Crippen molar-refractivity contribution < 1.29 is 4.79 Å². The maximum atomic E-state index is 12.7. The van der Waals surface area contributed by atoms with Crippen LogP contribution in [0.1, 0.15) is 42.2 Å². The fourth-order valence-corrected chi connectivity index (χ4v) is 3.43. The number of carbonyl (C=O) groups is 1. The van der Waals surface area contributed by atoms with Gasteiger partial charge in [0.05, 0.1) is 11.7 Å². The molecule has 0 bridgehead atoms. The minimum absolute atomic E-state index is 0.220. The van der Waals surface area contributed by atoms with E-state index in [1.807, 2.05) is 46.3 Å². The molecular formula is C20H22N6O3. The van der Waals surface area contributed by atoms with E-state index in [1.54, 1.807) is 0 Å². The molecule has 1 amide bonds. The highest BCUT2D eigenvalue weighted by Crippen LogP contribution is 2.46. The van der Waals surface area contributed by atoms with Gasteiger partial charge in [-0.1, -0.05) is 25.1 Å². The highest BCUT2D eigenvalue weighted by Gasteiger charge is 2.46. The molecule has 1 fully saturated rings. The third kappa shape index (κ3) is 3.58. The van der Waals surface area contributed by atoms with Crippen molar-refractivity contribution in [1.82, 2.24) is 25.1 Å². The van der Waals surface area contributed by atoms with Gasteiger partial charge in [-0.15, -0.1) is 0 Å². The van der Waals surface area contributed by atoms with E-state index < -0.39 is 22.7 Å². The van der Waals surface area contributed by atoms with Gasteiger partial charge >= 0.3 is 5.69 Å². The van der Waals surface area contributed by atoms with E-state index in [2.05, 4.69) is 22.3 Å². The quantitative estimate of drug-likeness (QED) is 0.500. The number of aromatic amines is 2. The molecule has 9 nitrogen and oxygen atoms in total. The van der Waals surface area contributed by atoms with Crippen LogP contribution in [0.15, 0.2) is 46.2 Å². The molecule has 29 heavy (non-hydrogen) atoms. The molecule has 9 heteroatoms. The van der Waals surface area contributed by atoms with Crippen molar-refractivity contribution in [1.29, 1.82) is 0 Å². The molecule has 1 aromatic carbocycles. The van der Waals surface area contributed by atoms with Crippen LogP contribution in [0.4, 0.5) is 5.69 Å². The largest absolute Gasteiger partial charge is 0.392 e. The van der Waals surface area contributed by atoms with Gasteiger partial charge in [-0.3, -0.25) is 19.3 Å². The topological polar surface area (TPSA) is 139 Å². The number of nitrogen functional groups attached to an aromatic ring is 1. The summed E-state index contributed by atoms with van der Waals surface area (Å²) in [6.45, 7) is 2.96. The zero-order chi connectivity index (χ0) is 20.6. The molecule has 0 spiro atoms. The Bertz CT molecular complexity index is 1190. The van der Waals surface area contributed by atoms with Crippen LogP contribution in [0.2, 0.25) is 0 Å². The zero-order valence-electron chi connectivity index (χ0n) is 16.0. The smallest absolute Gasteiger partial charge is 0.326 e. The van der Waals surface area contributed by atoms with Crippen molar-refractivity contribution in [2.45, 2.75) is 38.3 Å². The molecule has 0 atom stereocenters. The summed E-state index contributed by atoms with van der Waals surface area (Å²) in [4.78, 5) is 40.2. The van der Waals surface area contributed by atoms with Crippen LogP contribution >= 0.6 is 0 Å². The van der Waals surface area contributed by atoms with E-state index in [0.717, 1.165) is 42.5 Å². The average Bonchev–Trinajstić information content (AvgIpc) is 3.33. The summed E-state index contributed by atoms with van der Waals surface area (Å²) in [6.07, 6.45) is 6.34. The second-order valence-electron chi connectivity index (χ2n) is 7.31. The lowest BCUT2D eigenvalue weighted by Crippen LogP contribution is -2.39. The predicted octanol–water partition coefficient (Wildman–Crippen LogP) is 1.34. The number of rotatable bonds is 6. The summed E-state index contributed by atoms with van der Waals surface area (Å²) in [7, 11) is 0. The van der Waals surface area contributed by atoms with Crippen molar-refractivity contribution in [3.63, 3.8) is 0 Å². The molecular weight excluding hydrogens is 372 g/mol. The number of hydrogen-bond donors (Lipinski definition) is 4. The lowest BCUT2D eigenvalue weighted by atomic mass is 9.99. The first-order valence-electron chi connectivity index (χ1n) is 9.50. The number of benzene rings is 1. The van der Waals surface area contributed by atoms with E-state index in [4.69, 9.17) is 5.73 Å². The fourth-order valence-electron chi connectivity index (χ4n) is 3.43. The summed E-state index contributed by atoms with van der Waals surface area (Å²) >= 11 is 0. The molecule has 0 saturated heterocycles. The average molecular weight is 394 g/mol. The van der Waals surface area contributed by atoms with Gasteiger partial charge in [0.2, 0.25) is 0 Å². The van der Waals surface area contributed by atoms with Crippen LogP contribution in [0.25, 0.3) is 11.1 Å². The van der Waals surface area contributed by atoms with Crippen molar-refractivity contribution in [3.8, 4) is 11.1 Å². The van der Waals surface area contributed by atoms with E-state index >= 15 is 0 Å². The molecule has 1 aliphatic carbocycles. The third-order valence-corrected chi connectivity index (χ3v) is 5.14. The van der Waals surface area contributed by atoms with Gasteiger partial charge in [0.25, 0.3) is 11.5 Å². The molecule has 1 saturated carbocycles. The Morgan fingerprint density at radius 3 is 2.79 bits per heavy atom. The van der Waals surface area contributed by atoms with Gasteiger partial charge < -0.3 is 16.0 Å². The zero-order valence-corrected chi connectivity index (χ0v) is 16.0. The fraction of sp³-hybridized carbons (Fsp3) is 0.300. The van der Waals surface area contributed by atoms with Gasteiger partial charge in [0.1, 0.15) is 11.4 Å². The van der Waals surface area contributed by atoms with E-state index in [0.29, 0.717) is 0 Å². The number of nitrogens with zero attached hydrogens (tertiary/aromatic N) is 2. The van der Waals surface area contributed by atoms with Gasteiger partial charge in [-0.25, -0.2) is 4.79 Å². The van der Waals surface area contributed by atoms with Gasteiger partial charge in [0.15, 0.2) is 0 Å². The number of nitrogens with one attached hydrogen (secondary N) is 3. The van der Waals surface area contributed by atoms with Crippen molar-refractivity contribution in [2.24, 2.45) is 0 Å². The van der Waals surface area contributed by atoms with Gasteiger partial charge in [-0.05, 0) is 36.5 Å². The van der Waals surface area contributed by atoms with Crippen molar-refractivity contribution in [3.05, 3.63) is 68.8 Å². The SMILES string of the molecule is CCCn1cc(-c2cccc(C3(NC(=O)c4[nH]c(=O)[nH]c(=O)c4N)CC3)c2)cn1. The first-order valence-corrected chi connectivity index (χ1v) is 9.50. The molecule has 150 valence electrons. The number of H-pyrrole nitrogens is 2. The predicted molar refractivity (Wildman–Crippen MR) is 108 cm³/mol. The minimum Gasteiger partial charge on any atom is -0.392 e. The highest BCUT2D eigenvalue weighted by atomic mass is 16.2. The molecule has 0 aliphatic heterocycles. The van der Waals surface area contributed by atoms with Gasteiger partial charge in [-0.2, -0.15) is 5.10 Å². The molecule has 2 heterocycles. The van der Waals surface area contributed by atoms with E-state index in [9.17, 15) is 14.4 Å². The molecule has 5 N–H and O–H groups in total. The summed E-state index contributed by atoms with van der Waals surface area (Å²) in [5.41, 5.74) is 6.01. The number of anilines is 1. The van der Waals surface area contributed by atoms with Crippen LogP contribution < -0.4 is 22.3 Å². The first kappa shape index (κ1) is 18.7. The standard InChI is InChI=1S/C20H22N6O3/c1-2-8-26-11-13(10-22-26)12-4-3-5-14(9-12)20(6-7-20)25-18(28)16-15(21)17(27)24-19(29)23-16/h3-5,9-11H,2,6-8,21H2,1H3,(H,25,28)(H2,23,24,27,29). The summed E-state index contributed by atoms with van der Waals surface area (Å²) in [5.74, 6) is -0.579. The lowest BCUT2D eigenvalue weighted by Gasteiger charge is -2.19. The van der Waals surface area contributed by atoms with Crippen LogP contribution in [-0.2, 0) is 12.1 Å². The summed E-state index contributed by atoms with van der Waals surface area (Å²) in [6, 6.07) is 7.93. The lowest BCUT2D eigenvalue weighted by molar-refractivity contribution is 0.0926. The molecule has 1 aliphatic rings. The second-order valence-corrected chi connectivity index (χ2v) is 7.31. The molecule has 4 rings (SSSR count). The minimum atomic E-state index is -0.783. The molecule has 2 aromatic heterocycles. The Balaban J connectivity index is 1.61. The van der Waals surface area contributed by atoms with Crippen molar-refractivity contribution >= 4 is 11.6 Å². The number of hydrogen-bond acceptors (Lipinski definition) is 5. The maximum absolute atomic E-state index is 12.7. The van der Waals surface area contributed by atoms with Crippen LogP contribution in [0.5, 0.6) is 0 Å². The first-order chi connectivity index (χ1) is 13.9. The number of aromatic nitrogens is 4. The normalized spacial score (nSPS) is 14.5. The number of aryl methyl sites for hydroxylation is 1. The number of carbonyl (C=O) groups excluding carboxylic acids is 1. The van der Waals surface area contributed by atoms with Crippen LogP contribution in [0, 0.1) is 0 Å². The molecule has 0 unspecified atom stereocenters. The third-order valence-electron chi connectivity index (χ3n) is 5.14. The Labute approximate surface area is 166 Å². The van der Waals surface area contributed by atoms with Crippen LogP contribution in [0.3, 0.4) is 0 Å². The van der Waals surface area contributed by atoms with Gasteiger partial charge in [0, 0.05) is 18.3 Å². The Kier molecular flexibility index (Phi) is 4.57. The van der Waals surface area contributed by atoms with E-state index in [1.165, 1.54) is 0 Å².